The third-order valence-corrected chi connectivity index (χ3v) is 18.0. The molecule has 5 nitrogen and oxygen atoms in total. The van der Waals surface area contributed by atoms with Crippen LogP contribution >= 0.6 is 0 Å². The number of nitriles is 1. The Morgan fingerprint density at radius 2 is 0.532 bits per heavy atom. The van der Waals surface area contributed by atoms with Crippen molar-refractivity contribution in [1.29, 1.82) is 5.26 Å². The number of para-hydroxylation sites is 4. The van der Waals surface area contributed by atoms with Crippen LogP contribution in [0.2, 0.25) is 0 Å². The second kappa shape index (κ2) is 21.9. The summed E-state index contributed by atoms with van der Waals surface area (Å²) in [4.78, 5) is 0. The van der Waals surface area contributed by atoms with E-state index < -0.39 is 35.2 Å². The number of hydrogen-bond donors (Lipinski definition) is 0. The highest BCUT2D eigenvalue weighted by Crippen LogP contribution is 2.49. The fourth-order valence-corrected chi connectivity index (χ4v) is 14.0. The molecule has 0 radical (unpaired) electrons. The molecule has 0 unspecified atom stereocenters. The molecule has 16 rings (SSSR count). The van der Waals surface area contributed by atoms with E-state index in [-0.39, 0.29) is 28.1 Å². The maximum atomic E-state index is 15.8. The maximum absolute atomic E-state index is 15.8. The number of hydrogen-bond acceptors (Lipinski definition) is 1. The zero-order valence-corrected chi connectivity index (χ0v) is 50.7. The molecule has 12 aromatic carbocycles. The van der Waals surface area contributed by atoms with Crippen LogP contribution in [0.3, 0.4) is 0 Å². The molecule has 0 bridgehead atoms. The van der Waals surface area contributed by atoms with Gasteiger partial charge in [0.05, 0.1) is 78.0 Å². The quantitative estimate of drug-likeness (QED) is 0.153. The van der Waals surface area contributed by atoms with Gasteiger partial charge in [0.15, 0.2) is 0 Å². The van der Waals surface area contributed by atoms with E-state index in [1.165, 1.54) is 42.5 Å². The zero-order valence-electron chi connectivity index (χ0n) is 50.7. The van der Waals surface area contributed by atoms with Gasteiger partial charge in [0.2, 0.25) is 0 Å². The molecular formula is C80H52F9N5. The first-order valence-electron chi connectivity index (χ1n) is 30.3. The Morgan fingerprint density at radius 3 is 0.819 bits per heavy atom. The average molecular weight is 1250 g/mol. The van der Waals surface area contributed by atoms with Crippen LogP contribution in [0.25, 0.3) is 132 Å². The molecule has 16 aromatic rings. The molecule has 0 saturated carbocycles. The molecule has 94 heavy (non-hydrogen) atoms. The SMILES string of the molecule is Cc1ccc2c3ccccc3n(-c3cc(-c4ccccc4C(F)(F)F)cc(-n4c5ccccc5c5ccc(C)cc54)c3C#N)c2c1.Cc1ccc2c3ccccc3n(-c3cc(-c4ccccc4C(F)(F)F)cc(-n4c5ccccc5c5ccc(C)cc54)c3C(F)(F)F)c2c1. The smallest absolute Gasteiger partial charge is 0.309 e. The Kier molecular flexibility index (Phi) is 13.8. The highest BCUT2D eigenvalue weighted by Gasteiger charge is 2.41. The summed E-state index contributed by atoms with van der Waals surface area (Å²) in [7, 11) is 0. The largest absolute Gasteiger partial charge is 0.420 e. The molecule has 0 aliphatic rings. The topological polar surface area (TPSA) is 43.5 Å². The molecule has 0 saturated heterocycles. The molecule has 0 amide bonds. The minimum absolute atomic E-state index is 0.0121. The van der Waals surface area contributed by atoms with E-state index in [0.29, 0.717) is 44.6 Å². The second-order valence-electron chi connectivity index (χ2n) is 24.0. The standard InChI is InChI=1S/C40H26F6N2.C40H26F3N3/c1-23-15-17-29-27-10-4-7-13-32(27)47(34(29)19-23)36-21-25(26-9-3-6-12-31(26)39(41,42)43)22-37(38(36)40(44,45)46)48-33-14-8-5-11-28(33)30-18-16-24(2)20-35(30)48;1-24-15-17-30-28-10-4-7-13-34(28)45(36(30)19-24)38-21-26(27-9-3-6-12-33(27)40(41,42)43)22-39(32(38)23-44)46-35-14-8-5-11-29(35)31-18-16-25(2)20-37(31)46/h3-22H,1-2H3;3-22H,1-2H3. The van der Waals surface area contributed by atoms with Crippen molar-refractivity contribution in [2.45, 2.75) is 46.2 Å². The van der Waals surface area contributed by atoms with Crippen molar-refractivity contribution in [2.75, 3.05) is 0 Å². The third-order valence-electron chi connectivity index (χ3n) is 18.0. The number of benzene rings is 12. The molecule has 0 spiro atoms. The summed E-state index contributed by atoms with van der Waals surface area (Å²) in [6.45, 7) is 7.73. The van der Waals surface area contributed by atoms with Gasteiger partial charge in [-0.1, -0.05) is 158 Å². The summed E-state index contributed by atoms with van der Waals surface area (Å²) < 4.78 is 142. The number of halogens is 9. The van der Waals surface area contributed by atoms with Crippen molar-refractivity contribution in [1.82, 2.24) is 18.3 Å². The van der Waals surface area contributed by atoms with Crippen LogP contribution in [-0.4, -0.2) is 18.3 Å². The predicted molar refractivity (Wildman–Crippen MR) is 360 cm³/mol. The monoisotopic (exact) mass is 1250 g/mol. The maximum Gasteiger partial charge on any atom is 0.420 e. The van der Waals surface area contributed by atoms with Gasteiger partial charge in [0.1, 0.15) is 17.2 Å². The van der Waals surface area contributed by atoms with E-state index in [0.717, 1.165) is 99.5 Å². The van der Waals surface area contributed by atoms with Gasteiger partial charge in [-0.15, -0.1) is 0 Å². The Hall–Kier alpha value is -11.3. The van der Waals surface area contributed by atoms with E-state index in [1.807, 2.05) is 158 Å². The van der Waals surface area contributed by atoms with Crippen molar-refractivity contribution >= 4 is 87.2 Å². The highest BCUT2D eigenvalue weighted by molar-refractivity contribution is 6.13. The number of fused-ring (bicyclic) bond motifs is 12. The third kappa shape index (κ3) is 9.63. The van der Waals surface area contributed by atoms with E-state index in [9.17, 15) is 31.6 Å². The van der Waals surface area contributed by atoms with Crippen LogP contribution in [0.4, 0.5) is 39.5 Å². The molecule has 0 N–H and O–H groups in total. The van der Waals surface area contributed by atoms with Crippen LogP contribution in [-0.2, 0) is 18.5 Å². The second-order valence-corrected chi connectivity index (χ2v) is 24.0. The molecular weight excluding hydrogens is 1200 g/mol. The Bertz CT molecular complexity index is 5560. The minimum Gasteiger partial charge on any atom is -0.309 e. The van der Waals surface area contributed by atoms with Gasteiger partial charge >= 0.3 is 18.5 Å². The predicted octanol–water partition coefficient (Wildman–Crippen LogP) is 23.3. The number of alkyl halides is 9. The molecule has 4 heterocycles. The summed E-state index contributed by atoms with van der Waals surface area (Å²) in [6.07, 6.45) is -14.2. The molecule has 0 fully saturated rings. The van der Waals surface area contributed by atoms with Crippen molar-refractivity contribution in [3.05, 3.63) is 287 Å². The fraction of sp³-hybridized carbons (Fsp3) is 0.0875. The fourth-order valence-electron chi connectivity index (χ4n) is 14.0. The number of rotatable bonds is 6. The first-order valence-corrected chi connectivity index (χ1v) is 30.3. The zero-order chi connectivity index (χ0) is 65.3. The molecule has 4 aromatic heterocycles. The molecule has 0 atom stereocenters. The lowest BCUT2D eigenvalue weighted by Crippen LogP contribution is -2.16. The van der Waals surface area contributed by atoms with E-state index in [1.54, 1.807) is 51.6 Å². The van der Waals surface area contributed by atoms with Crippen molar-refractivity contribution in [2.24, 2.45) is 0 Å². The number of nitrogens with zero attached hydrogens (tertiary/aromatic N) is 5. The summed E-state index contributed by atoms with van der Waals surface area (Å²) in [5.74, 6) is 0. The molecule has 0 aliphatic heterocycles. The van der Waals surface area contributed by atoms with Crippen LogP contribution in [0.15, 0.2) is 243 Å². The average Bonchev–Trinajstić information content (AvgIpc) is 1.25. The van der Waals surface area contributed by atoms with Crippen LogP contribution in [0.5, 0.6) is 0 Å². The first kappa shape index (κ1) is 59.0. The summed E-state index contributed by atoms with van der Waals surface area (Å²) in [6, 6.07) is 72.8. The van der Waals surface area contributed by atoms with Crippen molar-refractivity contribution in [3.8, 4) is 51.1 Å². The van der Waals surface area contributed by atoms with Gasteiger partial charge in [0.25, 0.3) is 0 Å². The Labute approximate surface area is 532 Å². The van der Waals surface area contributed by atoms with Gasteiger partial charge in [-0.05, 0) is 157 Å². The summed E-state index contributed by atoms with van der Waals surface area (Å²) >= 11 is 0. The van der Waals surface area contributed by atoms with Crippen molar-refractivity contribution < 1.29 is 39.5 Å². The molecule has 0 aliphatic carbocycles. The summed E-state index contributed by atoms with van der Waals surface area (Å²) in [5.41, 5.74) is 7.75. The normalized spacial score (nSPS) is 12.3. The molecule has 14 heteroatoms. The van der Waals surface area contributed by atoms with Crippen LogP contribution in [0.1, 0.15) is 44.5 Å². The van der Waals surface area contributed by atoms with Gasteiger partial charge in [-0.25, -0.2) is 0 Å². The van der Waals surface area contributed by atoms with Crippen molar-refractivity contribution in [3.63, 3.8) is 0 Å². The van der Waals surface area contributed by atoms with Crippen LogP contribution in [0, 0.1) is 39.0 Å². The Balaban J connectivity index is 0.000000155. The highest BCUT2D eigenvalue weighted by atomic mass is 19.4. The van der Waals surface area contributed by atoms with Gasteiger partial charge < -0.3 is 18.3 Å². The lowest BCUT2D eigenvalue weighted by Gasteiger charge is -2.24. The number of aromatic nitrogens is 4. The summed E-state index contributed by atoms with van der Waals surface area (Å²) in [5, 5.41) is 17.9. The van der Waals surface area contributed by atoms with Gasteiger partial charge in [0, 0.05) is 43.1 Å². The number of aryl methyl sites for hydroxylation is 4. The van der Waals surface area contributed by atoms with Crippen LogP contribution < -0.4 is 0 Å². The van der Waals surface area contributed by atoms with Gasteiger partial charge in [-0.2, -0.15) is 44.8 Å². The van der Waals surface area contributed by atoms with E-state index >= 15 is 13.2 Å². The minimum atomic E-state index is -4.91. The van der Waals surface area contributed by atoms with E-state index in [2.05, 4.69) is 30.3 Å². The van der Waals surface area contributed by atoms with E-state index in [4.69, 9.17) is 0 Å². The lowest BCUT2D eigenvalue weighted by atomic mass is 9.95. The molecule has 460 valence electrons. The Morgan fingerprint density at radius 1 is 0.277 bits per heavy atom. The van der Waals surface area contributed by atoms with Gasteiger partial charge in [-0.3, -0.25) is 0 Å². The lowest BCUT2D eigenvalue weighted by molar-refractivity contribution is -0.138. The first-order chi connectivity index (χ1) is 45.2.